The van der Waals surface area contributed by atoms with E-state index in [1.807, 2.05) is 0 Å². The smallest absolute Gasteiger partial charge is 0.907 e. The Hall–Kier alpha value is 2.46. The van der Waals surface area contributed by atoms with Gasteiger partial charge in [-0.3, -0.25) is 7.32 Å². The van der Waals surface area contributed by atoms with Crippen molar-refractivity contribution in [3.8, 4) is 0 Å². The van der Waals surface area contributed by atoms with Crippen molar-refractivity contribution in [2.75, 3.05) is 0 Å². The zero-order chi connectivity index (χ0) is 3.58. The first-order valence-corrected chi connectivity index (χ1v) is 0.707. The van der Waals surface area contributed by atoms with E-state index in [-0.39, 0.29) is 75.5 Å². The van der Waals surface area contributed by atoms with Crippen LogP contribution in [0.3, 0.4) is 0 Å². The molecule has 0 amide bonds. The molecule has 0 aromatic rings. The van der Waals surface area contributed by atoms with Crippen LogP contribution in [0.1, 0.15) is 0 Å². The summed E-state index contributed by atoms with van der Waals surface area (Å²) in [5.41, 5.74) is 0. The molecule has 0 aromatic carbocycles. The van der Waals surface area contributed by atoms with Crippen LogP contribution in [-0.2, 0) is 0 Å². The summed E-state index contributed by atoms with van der Waals surface area (Å²) >= 11 is 0. The molecule has 0 N–H and O–H groups in total. The van der Waals surface area contributed by atoms with Crippen LogP contribution in [0.4, 0.5) is 0 Å². The molecule has 3 nitrogen and oxygen atoms in total. The Balaban J connectivity index is -0.0000000450. The summed E-state index contributed by atoms with van der Waals surface area (Å²) in [7, 11) is -2.92. The Morgan fingerprint density at radius 2 is 0.833 bits per heavy atom. The number of hydrogen-bond acceptors (Lipinski definition) is 3. The van der Waals surface area contributed by atoms with E-state index < -0.39 is 7.32 Å². The molecule has 6 heteroatoms. The molecule has 24 valence electrons. The molecule has 0 unspecified atom stereocenters. The fraction of sp³-hybridized carbons (Fsp3) is 0. The SMILES string of the molecule is [Ca+2].[Ca+2].[O-]B([O-])[O-]. The van der Waals surface area contributed by atoms with Gasteiger partial charge in [-0.15, -0.1) is 0 Å². The average Bonchev–Trinajstić information content (AvgIpc) is 0.811. The Kier molecular flexibility index (Phi) is 27.5. The zero-order valence-corrected chi connectivity index (χ0v) is 7.63. The van der Waals surface area contributed by atoms with E-state index >= 15 is 0 Å². The van der Waals surface area contributed by atoms with Gasteiger partial charge in [0.1, 0.15) is 0 Å². The first-order chi connectivity index (χ1) is 1.73. The third-order valence-electron chi connectivity index (χ3n) is 0. The minimum Gasteiger partial charge on any atom is -0.907 e. The molecule has 0 saturated carbocycles. The van der Waals surface area contributed by atoms with Gasteiger partial charge in [0.15, 0.2) is 0 Å². The summed E-state index contributed by atoms with van der Waals surface area (Å²) in [6.45, 7) is 0. The van der Waals surface area contributed by atoms with Gasteiger partial charge in [-0.1, -0.05) is 0 Å². The normalized spacial score (nSPS) is 4.50. The van der Waals surface area contributed by atoms with Crippen LogP contribution >= 0.6 is 0 Å². The van der Waals surface area contributed by atoms with Gasteiger partial charge in [-0.2, -0.15) is 0 Å². The van der Waals surface area contributed by atoms with Gasteiger partial charge in [0.2, 0.25) is 0 Å². The summed E-state index contributed by atoms with van der Waals surface area (Å²) in [6.07, 6.45) is 0. The molecule has 0 atom stereocenters. The summed E-state index contributed by atoms with van der Waals surface area (Å²) < 4.78 is 0. The molecule has 0 aliphatic rings. The molecule has 0 heterocycles. The second-order valence-electron chi connectivity index (χ2n) is 0.289. The minimum atomic E-state index is -2.92. The van der Waals surface area contributed by atoms with Crippen molar-refractivity contribution in [2.45, 2.75) is 0 Å². The van der Waals surface area contributed by atoms with Crippen LogP contribution < -0.4 is 15.1 Å². The topological polar surface area (TPSA) is 69.2 Å². The molecule has 0 fully saturated rings. The van der Waals surface area contributed by atoms with Gasteiger partial charge in [-0.05, 0) is 0 Å². The summed E-state index contributed by atoms with van der Waals surface area (Å²) in [5.74, 6) is 0. The summed E-state index contributed by atoms with van der Waals surface area (Å²) in [5, 5.41) is 25.2. The zero-order valence-electron chi connectivity index (χ0n) is 3.22. The van der Waals surface area contributed by atoms with Crippen LogP contribution in [0.25, 0.3) is 0 Å². The van der Waals surface area contributed by atoms with Gasteiger partial charge in [0, 0.05) is 0 Å². The molecule has 0 bridgehead atoms. The molecular formula is BCa2O3+. The van der Waals surface area contributed by atoms with Crippen LogP contribution in [0.5, 0.6) is 0 Å². The molecule has 0 rings (SSSR count). The second kappa shape index (κ2) is 10.4. The number of hydrogen-bond donors (Lipinski definition) is 0. The first kappa shape index (κ1) is 15.8. The van der Waals surface area contributed by atoms with Crippen molar-refractivity contribution in [2.24, 2.45) is 0 Å². The van der Waals surface area contributed by atoms with Crippen LogP contribution in [0.15, 0.2) is 0 Å². The largest absolute Gasteiger partial charge is 2.00 e. The number of rotatable bonds is 0. The maximum absolute atomic E-state index is 8.42. The van der Waals surface area contributed by atoms with Crippen molar-refractivity contribution in [3.63, 3.8) is 0 Å². The standard InChI is InChI=1S/BO3.2Ca/c2-1(3)4;;/q-3;2*+2. The molecule has 0 aliphatic carbocycles. The predicted molar refractivity (Wildman–Crippen MR) is 17.3 cm³/mol. The van der Waals surface area contributed by atoms with E-state index in [1.165, 1.54) is 0 Å². The molecule has 0 aromatic heterocycles. The van der Waals surface area contributed by atoms with Crippen LogP contribution in [0.2, 0.25) is 0 Å². The van der Waals surface area contributed by atoms with Gasteiger partial charge >= 0.3 is 75.5 Å². The third kappa shape index (κ3) is 31.8. The molecular weight excluding hydrogens is 139 g/mol. The summed E-state index contributed by atoms with van der Waals surface area (Å²) in [4.78, 5) is 0. The van der Waals surface area contributed by atoms with Crippen molar-refractivity contribution in [1.29, 1.82) is 0 Å². The minimum absolute atomic E-state index is 0. The fourth-order valence-electron chi connectivity index (χ4n) is 0. The molecule has 0 aliphatic heterocycles. The molecule has 0 saturated heterocycles. The van der Waals surface area contributed by atoms with Crippen molar-refractivity contribution >= 4 is 82.8 Å². The maximum atomic E-state index is 8.42. The average molecular weight is 139 g/mol. The van der Waals surface area contributed by atoms with Gasteiger partial charge in [-0.25, -0.2) is 0 Å². The van der Waals surface area contributed by atoms with Gasteiger partial charge in [0.25, 0.3) is 0 Å². The van der Waals surface area contributed by atoms with Crippen molar-refractivity contribution in [1.82, 2.24) is 0 Å². The maximum Gasteiger partial charge on any atom is 2.00 e. The molecule has 6 heavy (non-hydrogen) atoms. The second-order valence-corrected chi connectivity index (χ2v) is 0.289. The van der Waals surface area contributed by atoms with Gasteiger partial charge < -0.3 is 15.1 Å². The van der Waals surface area contributed by atoms with Crippen LogP contribution in [0, 0.1) is 0 Å². The Morgan fingerprint density at radius 3 is 0.833 bits per heavy atom. The van der Waals surface area contributed by atoms with Crippen molar-refractivity contribution in [3.05, 3.63) is 0 Å². The van der Waals surface area contributed by atoms with E-state index in [0.29, 0.717) is 0 Å². The Morgan fingerprint density at radius 1 is 0.833 bits per heavy atom. The van der Waals surface area contributed by atoms with Crippen molar-refractivity contribution < 1.29 is 15.1 Å². The van der Waals surface area contributed by atoms with E-state index in [4.69, 9.17) is 15.1 Å². The quantitative estimate of drug-likeness (QED) is 0.316. The monoisotopic (exact) mass is 139 g/mol. The third-order valence-corrected chi connectivity index (χ3v) is 0. The van der Waals surface area contributed by atoms with Crippen LogP contribution in [-0.4, -0.2) is 82.8 Å². The fourth-order valence-corrected chi connectivity index (χ4v) is 0. The first-order valence-electron chi connectivity index (χ1n) is 0.707. The predicted octanol–water partition coefficient (Wildman–Crippen LogP) is -4.71. The van der Waals surface area contributed by atoms with E-state index in [0.717, 1.165) is 0 Å². The molecule has 0 radical (unpaired) electrons. The Bertz CT molecular complexity index is 13.5. The summed E-state index contributed by atoms with van der Waals surface area (Å²) in [6, 6.07) is 0. The molecule has 0 spiro atoms. The Labute approximate surface area is 95.9 Å². The van der Waals surface area contributed by atoms with E-state index in [1.54, 1.807) is 0 Å². The van der Waals surface area contributed by atoms with Gasteiger partial charge in [0.05, 0.1) is 0 Å². The van der Waals surface area contributed by atoms with E-state index in [2.05, 4.69) is 0 Å². The van der Waals surface area contributed by atoms with E-state index in [9.17, 15) is 0 Å².